The molecule has 0 unspecified atom stereocenters. The topological polar surface area (TPSA) is 71.5 Å². The zero-order chi connectivity index (χ0) is 15.7. The summed E-state index contributed by atoms with van der Waals surface area (Å²) in [6.45, 7) is 1.11. The summed E-state index contributed by atoms with van der Waals surface area (Å²) in [5.41, 5.74) is 1.95. The number of carbonyl (C=O) groups is 1. The van der Waals surface area contributed by atoms with Crippen molar-refractivity contribution in [1.82, 2.24) is 4.98 Å². The third-order valence-electron chi connectivity index (χ3n) is 3.34. The van der Waals surface area contributed by atoms with E-state index in [0.29, 0.717) is 27.8 Å². The Balaban J connectivity index is 1.95. The zero-order valence-electron chi connectivity index (χ0n) is 11.4. The largest absolute Gasteiger partial charge is 0.492 e. The van der Waals surface area contributed by atoms with E-state index in [4.69, 9.17) is 16.3 Å². The lowest BCUT2D eigenvalue weighted by Crippen LogP contribution is -2.15. The molecule has 22 heavy (non-hydrogen) atoms. The molecule has 1 aromatic heterocycles. The molecule has 0 amide bonds. The van der Waals surface area contributed by atoms with Crippen LogP contribution in [0.1, 0.15) is 27.2 Å². The number of rotatable bonds is 4. The Hall–Kier alpha value is -1.31. The molecule has 0 saturated heterocycles. The first-order valence-electron chi connectivity index (χ1n) is 6.62. The van der Waals surface area contributed by atoms with E-state index in [2.05, 4.69) is 26.2 Å². The second kappa shape index (κ2) is 6.44. The van der Waals surface area contributed by atoms with Crippen molar-refractivity contribution in [2.75, 3.05) is 11.9 Å². The fraction of sp³-hybridized carbons (Fsp3) is 0.286. The first-order valence-corrected chi connectivity index (χ1v) is 8.60. The fourth-order valence-corrected chi connectivity index (χ4v) is 3.93. The van der Waals surface area contributed by atoms with E-state index in [1.165, 1.54) is 11.3 Å². The van der Waals surface area contributed by atoms with Crippen LogP contribution in [0.2, 0.25) is 4.47 Å². The van der Waals surface area contributed by atoms with Gasteiger partial charge in [-0.2, -0.15) is 0 Å². The van der Waals surface area contributed by atoms with Crippen LogP contribution in [-0.4, -0.2) is 22.7 Å². The molecule has 0 fully saturated rings. The minimum absolute atomic E-state index is 0.188. The van der Waals surface area contributed by atoms with Gasteiger partial charge in [0.2, 0.25) is 0 Å². The lowest BCUT2D eigenvalue weighted by Gasteiger charge is -2.23. The van der Waals surface area contributed by atoms with Crippen LogP contribution in [0, 0.1) is 0 Å². The number of aromatic nitrogens is 1. The van der Waals surface area contributed by atoms with Crippen molar-refractivity contribution < 1.29 is 14.6 Å². The van der Waals surface area contributed by atoms with E-state index in [1.54, 1.807) is 12.3 Å². The number of aromatic carboxylic acids is 1. The van der Waals surface area contributed by atoms with Crippen LogP contribution < -0.4 is 10.1 Å². The lowest BCUT2D eigenvalue weighted by atomic mass is 10.00. The van der Waals surface area contributed by atoms with Gasteiger partial charge in [0.15, 0.2) is 4.47 Å². The second-order valence-electron chi connectivity index (χ2n) is 4.78. The maximum atomic E-state index is 11.4. The maximum Gasteiger partial charge on any atom is 0.339 e. The summed E-state index contributed by atoms with van der Waals surface area (Å²) < 4.78 is 6.81. The quantitative estimate of drug-likeness (QED) is 0.801. The third kappa shape index (κ3) is 3.06. The monoisotopic (exact) mass is 402 g/mol. The predicted octanol–water partition coefficient (Wildman–Crippen LogP) is 4.19. The number of hydrogen-bond acceptors (Lipinski definition) is 5. The minimum atomic E-state index is -0.986. The molecule has 2 aromatic rings. The summed E-state index contributed by atoms with van der Waals surface area (Å²) >= 11 is 10.7. The Morgan fingerprint density at radius 2 is 2.41 bits per heavy atom. The smallest absolute Gasteiger partial charge is 0.339 e. The van der Waals surface area contributed by atoms with E-state index in [9.17, 15) is 9.90 Å². The highest BCUT2D eigenvalue weighted by molar-refractivity contribution is 9.10. The highest BCUT2D eigenvalue weighted by Gasteiger charge is 2.24. The first-order chi connectivity index (χ1) is 10.6. The van der Waals surface area contributed by atoms with Gasteiger partial charge in [0.1, 0.15) is 11.3 Å². The van der Waals surface area contributed by atoms with Crippen LogP contribution in [-0.2, 0) is 13.0 Å². The number of fused-ring (bicyclic) bond motifs is 1. The summed E-state index contributed by atoms with van der Waals surface area (Å²) in [4.78, 5) is 16.4. The molecule has 116 valence electrons. The number of benzene rings is 1. The molecular formula is C14H12BrClN2O3S. The molecule has 0 spiro atoms. The number of halogens is 2. The predicted molar refractivity (Wildman–Crippen MR) is 89.4 cm³/mol. The van der Waals surface area contributed by atoms with Crippen molar-refractivity contribution in [3.8, 4) is 5.75 Å². The number of thiazole rings is 1. The van der Waals surface area contributed by atoms with Crippen LogP contribution in [0.3, 0.4) is 0 Å². The summed E-state index contributed by atoms with van der Waals surface area (Å²) in [7, 11) is 0. The van der Waals surface area contributed by atoms with Crippen LogP contribution in [0.25, 0.3) is 0 Å². The number of carboxylic acid groups (broad SMARTS) is 1. The van der Waals surface area contributed by atoms with Crippen molar-refractivity contribution >= 4 is 50.5 Å². The number of hydrogen-bond donors (Lipinski definition) is 2. The molecule has 0 radical (unpaired) electrons. The Morgan fingerprint density at radius 1 is 1.59 bits per heavy atom. The maximum absolute atomic E-state index is 11.4. The van der Waals surface area contributed by atoms with Gasteiger partial charge in [0.25, 0.3) is 0 Å². The molecule has 2 N–H and O–H groups in total. The number of anilines is 1. The molecule has 0 atom stereocenters. The molecular weight excluding hydrogens is 392 g/mol. The molecule has 1 aliphatic rings. The van der Waals surface area contributed by atoms with Crippen LogP contribution >= 0.6 is 38.9 Å². The average molecular weight is 404 g/mol. The molecule has 2 heterocycles. The Labute approximate surface area is 144 Å². The van der Waals surface area contributed by atoms with E-state index < -0.39 is 5.97 Å². The van der Waals surface area contributed by atoms with Crippen molar-refractivity contribution in [2.24, 2.45) is 0 Å². The second-order valence-corrected chi connectivity index (χ2v) is 7.33. The first kappa shape index (κ1) is 15.6. The molecule has 5 nitrogen and oxygen atoms in total. The average Bonchev–Trinajstić information content (AvgIpc) is 2.91. The number of nitrogens with one attached hydrogen (secondary N) is 1. The highest BCUT2D eigenvalue weighted by atomic mass is 79.9. The summed E-state index contributed by atoms with van der Waals surface area (Å²) in [5.74, 6) is -0.522. The summed E-state index contributed by atoms with van der Waals surface area (Å²) in [6.07, 6.45) is 3.37. The van der Waals surface area contributed by atoms with Gasteiger partial charge in [-0.15, -0.1) is 11.3 Å². The number of ether oxygens (including phenoxy) is 1. The van der Waals surface area contributed by atoms with Gasteiger partial charge in [-0.3, -0.25) is 0 Å². The van der Waals surface area contributed by atoms with Crippen molar-refractivity contribution in [2.45, 2.75) is 19.4 Å². The fourth-order valence-electron chi connectivity index (χ4n) is 2.40. The molecule has 1 aliphatic heterocycles. The van der Waals surface area contributed by atoms with E-state index >= 15 is 0 Å². The van der Waals surface area contributed by atoms with Crippen molar-refractivity contribution in [3.05, 3.63) is 37.2 Å². The van der Waals surface area contributed by atoms with E-state index in [-0.39, 0.29) is 5.56 Å². The number of nitrogens with zero attached hydrogens (tertiary/aromatic N) is 1. The normalized spacial score (nSPS) is 13.4. The van der Waals surface area contributed by atoms with Gasteiger partial charge < -0.3 is 15.2 Å². The molecule has 0 saturated carbocycles. The number of carboxylic acids is 1. The molecule has 8 heteroatoms. The molecule has 1 aromatic carbocycles. The van der Waals surface area contributed by atoms with Gasteiger partial charge in [-0.25, -0.2) is 9.78 Å². The third-order valence-corrected chi connectivity index (χ3v) is 5.08. The van der Waals surface area contributed by atoms with Gasteiger partial charge in [0, 0.05) is 21.1 Å². The Morgan fingerprint density at radius 3 is 3.09 bits per heavy atom. The molecule has 3 rings (SSSR count). The van der Waals surface area contributed by atoms with Crippen molar-refractivity contribution in [1.29, 1.82) is 0 Å². The zero-order valence-corrected chi connectivity index (χ0v) is 14.5. The van der Waals surface area contributed by atoms with Crippen LogP contribution in [0.4, 0.5) is 5.69 Å². The lowest BCUT2D eigenvalue weighted by molar-refractivity contribution is 0.0691. The van der Waals surface area contributed by atoms with E-state index in [0.717, 1.165) is 29.0 Å². The summed E-state index contributed by atoms with van der Waals surface area (Å²) in [6, 6.07) is 1.58. The Bertz CT molecular complexity index is 735. The van der Waals surface area contributed by atoms with Gasteiger partial charge in [0.05, 0.1) is 18.8 Å². The molecule has 0 bridgehead atoms. The Kier molecular flexibility index (Phi) is 4.56. The minimum Gasteiger partial charge on any atom is -0.492 e. The molecule has 0 aliphatic carbocycles. The van der Waals surface area contributed by atoms with Gasteiger partial charge in [-0.05, 0) is 34.8 Å². The SMILES string of the molecule is O=C(O)c1cc(Br)c(NCc2cnc(Cl)s2)c2c1OCCC2. The highest BCUT2D eigenvalue weighted by Crippen LogP contribution is 2.40. The standard InChI is InChI=1S/C14H12BrClN2O3S/c15-10-4-9(13(19)20)12-8(2-1-3-21-12)11(10)17-5-7-6-18-14(16)22-7/h4,6,17H,1-3,5H2,(H,19,20). The van der Waals surface area contributed by atoms with Gasteiger partial charge >= 0.3 is 5.97 Å². The van der Waals surface area contributed by atoms with Crippen molar-refractivity contribution in [3.63, 3.8) is 0 Å². The van der Waals surface area contributed by atoms with Crippen LogP contribution in [0.15, 0.2) is 16.7 Å². The van der Waals surface area contributed by atoms with Gasteiger partial charge in [-0.1, -0.05) is 11.6 Å². The summed E-state index contributed by atoms with van der Waals surface area (Å²) in [5, 5.41) is 12.7. The van der Waals surface area contributed by atoms with E-state index in [1.807, 2.05) is 0 Å². The van der Waals surface area contributed by atoms with Crippen LogP contribution in [0.5, 0.6) is 5.75 Å².